The van der Waals surface area contributed by atoms with Crippen LogP contribution in [0.4, 0.5) is 5.13 Å². The molecule has 13 heavy (non-hydrogen) atoms. The van der Waals surface area contributed by atoms with Crippen LogP contribution in [0.25, 0.3) is 11.3 Å². The summed E-state index contributed by atoms with van der Waals surface area (Å²) < 4.78 is 0. The summed E-state index contributed by atoms with van der Waals surface area (Å²) in [5.74, 6) is 0. The zero-order chi connectivity index (χ0) is 9.42. The first kappa shape index (κ1) is 8.31. The Morgan fingerprint density at radius 2 is 2.23 bits per heavy atom. The second-order valence-corrected chi connectivity index (χ2v) is 3.93. The Morgan fingerprint density at radius 3 is 2.69 bits per heavy atom. The molecule has 3 nitrogen and oxygen atoms in total. The number of hydrogen-bond acceptors (Lipinski definition) is 3. The van der Waals surface area contributed by atoms with E-state index >= 15 is 0 Å². The number of nitrogens with two attached hydrogens (primary N) is 1. The molecule has 0 radical (unpaired) electrons. The largest absolute Gasteiger partial charge is 0.375 e. The lowest BCUT2D eigenvalue weighted by molar-refractivity contribution is 1.26. The van der Waals surface area contributed by atoms with Crippen LogP contribution in [0, 0.1) is 13.8 Å². The quantitative estimate of drug-likeness (QED) is 0.730. The highest BCUT2D eigenvalue weighted by molar-refractivity contribution is 7.13. The van der Waals surface area contributed by atoms with Crippen molar-refractivity contribution in [2.45, 2.75) is 13.8 Å². The Morgan fingerprint density at radius 1 is 1.46 bits per heavy atom. The number of aromatic amines is 1. The van der Waals surface area contributed by atoms with E-state index in [1.165, 1.54) is 22.5 Å². The van der Waals surface area contributed by atoms with E-state index in [1.54, 1.807) is 0 Å². The average Bonchev–Trinajstić information content (AvgIpc) is 2.60. The van der Waals surface area contributed by atoms with Gasteiger partial charge in [-0.15, -0.1) is 11.3 Å². The summed E-state index contributed by atoms with van der Waals surface area (Å²) in [7, 11) is 0. The predicted octanol–water partition coefficient (Wildman–Crippen LogP) is 2.34. The molecule has 3 N–H and O–H groups in total. The molecule has 68 valence electrons. The van der Waals surface area contributed by atoms with Crippen molar-refractivity contribution in [2.24, 2.45) is 0 Å². The lowest BCUT2D eigenvalue weighted by Crippen LogP contribution is -1.84. The van der Waals surface area contributed by atoms with E-state index in [0.29, 0.717) is 5.13 Å². The summed E-state index contributed by atoms with van der Waals surface area (Å²) in [5, 5.41) is 2.61. The van der Waals surface area contributed by atoms with E-state index in [9.17, 15) is 0 Å². The van der Waals surface area contributed by atoms with Gasteiger partial charge in [-0.05, 0) is 19.4 Å². The van der Waals surface area contributed by atoms with Crippen LogP contribution in [0.5, 0.6) is 0 Å². The van der Waals surface area contributed by atoms with Gasteiger partial charge in [0.15, 0.2) is 5.13 Å². The van der Waals surface area contributed by atoms with Gasteiger partial charge in [0.05, 0.1) is 5.69 Å². The molecule has 0 bridgehead atoms. The number of nitrogen functional groups attached to an aromatic ring is 1. The molecule has 2 aromatic heterocycles. The molecule has 0 saturated heterocycles. The molecule has 0 aliphatic heterocycles. The molecule has 2 heterocycles. The van der Waals surface area contributed by atoms with E-state index in [2.05, 4.69) is 16.9 Å². The topological polar surface area (TPSA) is 54.7 Å². The first-order chi connectivity index (χ1) is 6.18. The van der Waals surface area contributed by atoms with Crippen LogP contribution >= 0.6 is 11.3 Å². The minimum Gasteiger partial charge on any atom is -0.375 e. The lowest BCUT2D eigenvalue weighted by Gasteiger charge is -1.95. The normalized spacial score (nSPS) is 10.6. The van der Waals surface area contributed by atoms with Gasteiger partial charge in [-0.1, -0.05) is 0 Å². The maximum absolute atomic E-state index is 5.58. The number of nitrogens with zero attached hydrogens (tertiary/aromatic N) is 1. The highest BCUT2D eigenvalue weighted by Gasteiger charge is 2.09. The zero-order valence-corrected chi connectivity index (χ0v) is 8.40. The van der Waals surface area contributed by atoms with Crippen LogP contribution in [-0.4, -0.2) is 9.97 Å². The first-order valence-corrected chi connectivity index (χ1v) is 4.92. The van der Waals surface area contributed by atoms with Crippen molar-refractivity contribution in [3.8, 4) is 11.3 Å². The second kappa shape index (κ2) is 2.88. The fourth-order valence-corrected chi connectivity index (χ4v) is 2.01. The van der Waals surface area contributed by atoms with Gasteiger partial charge in [0.2, 0.25) is 0 Å². The molecule has 0 amide bonds. The van der Waals surface area contributed by atoms with Crippen LogP contribution in [0.15, 0.2) is 11.6 Å². The Bertz CT molecular complexity index is 408. The first-order valence-electron chi connectivity index (χ1n) is 4.04. The summed E-state index contributed by atoms with van der Waals surface area (Å²) in [6.45, 7) is 4.10. The molecule has 0 aliphatic rings. The summed E-state index contributed by atoms with van der Waals surface area (Å²) in [6.07, 6.45) is 1.99. The van der Waals surface area contributed by atoms with Crippen molar-refractivity contribution in [1.29, 1.82) is 0 Å². The molecule has 4 heteroatoms. The predicted molar refractivity (Wildman–Crippen MR) is 55.8 cm³/mol. The van der Waals surface area contributed by atoms with E-state index < -0.39 is 0 Å². The maximum Gasteiger partial charge on any atom is 0.180 e. The van der Waals surface area contributed by atoms with Crippen molar-refractivity contribution in [2.75, 3.05) is 5.73 Å². The Kier molecular flexibility index (Phi) is 1.84. The van der Waals surface area contributed by atoms with Crippen LogP contribution in [0.3, 0.4) is 0 Å². The number of aromatic nitrogens is 2. The van der Waals surface area contributed by atoms with Gasteiger partial charge in [-0.3, -0.25) is 0 Å². The van der Waals surface area contributed by atoms with Gasteiger partial charge in [-0.25, -0.2) is 4.98 Å². The van der Waals surface area contributed by atoms with Crippen molar-refractivity contribution in [1.82, 2.24) is 9.97 Å². The second-order valence-electron chi connectivity index (χ2n) is 3.04. The SMILES string of the molecule is Cc1c[nH]c(C)c1-c1csc(N)n1. The van der Waals surface area contributed by atoms with Crippen molar-refractivity contribution in [3.63, 3.8) is 0 Å². The van der Waals surface area contributed by atoms with Crippen molar-refractivity contribution < 1.29 is 0 Å². The van der Waals surface area contributed by atoms with Gasteiger partial charge in [0, 0.05) is 22.8 Å². The summed E-state index contributed by atoms with van der Waals surface area (Å²) in [4.78, 5) is 7.42. The van der Waals surface area contributed by atoms with Crippen LogP contribution < -0.4 is 5.73 Å². The van der Waals surface area contributed by atoms with Gasteiger partial charge in [0.1, 0.15) is 0 Å². The summed E-state index contributed by atoms with van der Waals surface area (Å²) in [5.41, 5.74) is 10.1. The van der Waals surface area contributed by atoms with Crippen molar-refractivity contribution >= 4 is 16.5 Å². The third-order valence-corrected chi connectivity index (χ3v) is 2.73. The highest BCUT2D eigenvalue weighted by atomic mass is 32.1. The molecule has 2 rings (SSSR count). The molecule has 0 atom stereocenters. The van der Waals surface area contributed by atoms with Gasteiger partial charge in [0.25, 0.3) is 0 Å². The Hall–Kier alpha value is -1.29. The number of hydrogen-bond donors (Lipinski definition) is 2. The van der Waals surface area contributed by atoms with Gasteiger partial charge < -0.3 is 10.7 Å². The lowest BCUT2D eigenvalue weighted by atomic mass is 10.1. The van der Waals surface area contributed by atoms with Crippen LogP contribution in [0.1, 0.15) is 11.3 Å². The molecule has 0 spiro atoms. The standard InChI is InChI=1S/C9H11N3S/c1-5-3-11-6(2)8(5)7-4-13-9(10)12-7/h3-4,11H,1-2H3,(H2,10,12). The number of nitrogens with one attached hydrogen (secondary N) is 1. The molecule has 0 aromatic carbocycles. The molecule has 0 unspecified atom stereocenters. The highest BCUT2D eigenvalue weighted by Crippen LogP contribution is 2.28. The fraction of sp³-hybridized carbons (Fsp3) is 0.222. The van der Waals surface area contributed by atoms with E-state index in [1.807, 2.05) is 18.5 Å². The Labute approximate surface area is 80.6 Å². The van der Waals surface area contributed by atoms with E-state index in [4.69, 9.17) is 5.73 Å². The Balaban J connectivity index is 2.57. The molecular weight excluding hydrogens is 182 g/mol. The van der Waals surface area contributed by atoms with E-state index in [-0.39, 0.29) is 0 Å². The third kappa shape index (κ3) is 1.33. The molecular formula is C9H11N3S. The smallest absolute Gasteiger partial charge is 0.180 e. The summed E-state index contributed by atoms with van der Waals surface area (Å²) >= 11 is 1.47. The zero-order valence-electron chi connectivity index (χ0n) is 7.59. The van der Waals surface area contributed by atoms with E-state index in [0.717, 1.165) is 11.4 Å². The van der Waals surface area contributed by atoms with Gasteiger partial charge >= 0.3 is 0 Å². The van der Waals surface area contributed by atoms with Crippen molar-refractivity contribution in [3.05, 3.63) is 22.8 Å². The van der Waals surface area contributed by atoms with Gasteiger partial charge in [-0.2, -0.15) is 0 Å². The minimum atomic E-state index is 0.620. The fourth-order valence-electron chi connectivity index (χ4n) is 1.45. The average molecular weight is 193 g/mol. The van der Waals surface area contributed by atoms with Crippen LogP contribution in [0.2, 0.25) is 0 Å². The number of thiazole rings is 1. The monoisotopic (exact) mass is 193 g/mol. The molecule has 2 aromatic rings. The van der Waals surface area contributed by atoms with Crippen LogP contribution in [-0.2, 0) is 0 Å². The molecule has 0 saturated carbocycles. The third-order valence-electron chi connectivity index (χ3n) is 2.05. The number of anilines is 1. The molecule has 0 aliphatic carbocycles. The summed E-state index contributed by atoms with van der Waals surface area (Å²) in [6, 6.07) is 0. The number of aryl methyl sites for hydroxylation is 2. The number of H-pyrrole nitrogens is 1. The number of rotatable bonds is 1. The molecule has 0 fully saturated rings. The minimum absolute atomic E-state index is 0.620. The maximum atomic E-state index is 5.58.